The van der Waals surface area contributed by atoms with Gasteiger partial charge >= 0.3 is 6.61 Å². The molecule has 0 heterocycles. The monoisotopic (exact) mass is 350 g/mol. The number of benzene rings is 2. The summed E-state index contributed by atoms with van der Waals surface area (Å²) in [6, 6.07) is 12.0. The van der Waals surface area contributed by atoms with Crippen LogP contribution in [0.5, 0.6) is 11.5 Å². The number of halogens is 2. The second kappa shape index (κ2) is 8.09. The maximum Gasteiger partial charge on any atom is 0.387 e. The number of amides is 2. The van der Waals surface area contributed by atoms with Crippen LogP contribution in [0.4, 0.5) is 14.5 Å². The summed E-state index contributed by atoms with van der Waals surface area (Å²) in [5.74, 6) is -1.33. The molecule has 0 radical (unpaired) electrons. The molecular formula is C17H16F2N2O4. The van der Waals surface area contributed by atoms with E-state index >= 15 is 0 Å². The number of hydrogen-bond donors (Lipinski definition) is 2. The van der Waals surface area contributed by atoms with E-state index in [1.54, 1.807) is 18.2 Å². The third-order valence-corrected chi connectivity index (χ3v) is 3.19. The number of ether oxygens (including phenoxy) is 2. The Morgan fingerprint density at radius 2 is 1.60 bits per heavy atom. The molecule has 0 saturated heterocycles. The Balaban J connectivity index is 2.10. The zero-order chi connectivity index (χ0) is 18.4. The van der Waals surface area contributed by atoms with Crippen LogP contribution in [0.2, 0.25) is 0 Å². The first-order valence-electron chi connectivity index (χ1n) is 7.28. The minimum atomic E-state index is -3.02. The highest BCUT2D eigenvalue weighted by atomic mass is 19.3. The minimum Gasteiger partial charge on any atom is -0.480 e. The van der Waals surface area contributed by atoms with Gasteiger partial charge in [0.15, 0.2) is 6.10 Å². The predicted octanol–water partition coefficient (Wildman–Crippen LogP) is 2.79. The molecule has 2 rings (SSSR count). The van der Waals surface area contributed by atoms with Crippen molar-refractivity contribution in [3.63, 3.8) is 0 Å². The Bertz CT molecular complexity index is 768. The molecule has 3 N–H and O–H groups in total. The standard InChI is InChI=1S/C17H16F2N2O4/c1-10(24-13-8-4-2-6-11(13)15(20)22)16(23)21-12-7-3-5-9-14(12)25-17(18)19/h2-10,17H,1H3,(H2,20,22)(H,21,23)/t10-/m1/s1. The number of hydrogen-bond acceptors (Lipinski definition) is 4. The fourth-order valence-corrected chi connectivity index (χ4v) is 2.02. The summed E-state index contributed by atoms with van der Waals surface area (Å²) >= 11 is 0. The van der Waals surface area contributed by atoms with Crippen molar-refractivity contribution in [2.45, 2.75) is 19.6 Å². The molecule has 2 aromatic carbocycles. The topological polar surface area (TPSA) is 90.7 Å². The van der Waals surface area contributed by atoms with Gasteiger partial charge in [0.25, 0.3) is 11.8 Å². The molecule has 0 bridgehead atoms. The number of nitrogens with one attached hydrogen (secondary N) is 1. The summed E-state index contributed by atoms with van der Waals surface area (Å²) in [7, 11) is 0. The minimum absolute atomic E-state index is 0.0754. The number of primary amides is 1. The first-order chi connectivity index (χ1) is 11.9. The molecule has 0 aromatic heterocycles. The molecule has 0 fully saturated rings. The lowest BCUT2D eigenvalue weighted by atomic mass is 10.2. The average Bonchev–Trinajstić information content (AvgIpc) is 2.56. The van der Waals surface area contributed by atoms with Crippen LogP contribution in [0.3, 0.4) is 0 Å². The molecule has 2 aromatic rings. The highest BCUT2D eigenvalue weighted by Crippen LogP contribution is 2.26. The molecule has 0 aliphatic heterocycles. The largest absolute Gasteiger partial charge is 0.480 e. The molecule has 132 valence electrons. The highest BCUT2D eigenvalue weighted by molar-refractivity contribution is 5.97. The van der Waals surface area contributed by atoms with Gasteiger partial charge < -0.3 is 20.5 Å². The fourth-order valence-electron chi connectivity index (χ4n) is 2.02. The van der Waals surface area contributed by atoms with Gasteiger partial charge in [-0.1, -0.05) is 24.3 Å². The van der Waals surface area contributed by atoms with E-state index in [2.05, 4.69) is 10.1 Å². The molecule has 0 saturated carbocycles. The number of rotatable bonds is 7. The van der Waals surface area contributed by atoms with E-state index in [1.165, 1.54) is 37.3 Å². The SMILES string of the molecule is C[C@@H](Oc1ccccc1C(N)=O)C(=O)Nc1ccccc1OC(F)F. The fraction of sp³-hybridized carbons (Fsp3) is 0.176. The first-order valence-corrected chi connectivity index (χ1v) is 7.28. The third-order valence-electron chi connectivity index (χ3n) is 3.19. The Morgan fingerprint density at radius 3 is 2.24 bits per heavy atom. The number of carbonyl (C=O) groups excluding carboxylic acids is 2. The van der Waals surface area contributed by atoms with Crippen molar-refractivity contribution in [1.82, 2.24) is 0 Å². The Kier molecular flexibility index (Phi) is 5.89. The average molecular weight is 350 g/mol. The Morgan fingerprint density at radius 1 is 1.00 bits per heavy atom. The van der Waals surface area contributed by atoms with Crippen LogP contribution >= 0.6 is 0 Å². The van der Waals surface area contributed by atoms with Crippen LogP contribution in [0.15, 0.2) is 48.5 Å². The van der Waals surface area contributed by atoms with Crippen LogP contribution in [0.25, 0.3) is 0 Å². The van der Waals surface area contributed by atoms with Gasteiger partial charge in [0.05, 0.1) is 11.3 Å². The van der Waals surface area contributed by atoms with Crippen LogP contribution < -0.4 is 20.5 Å². The van der Waals surface area contributed by atoms with Crippen molar-refractivity contribution < 1.29 is 27.8 Å². The van der Waals surface area contributed by atoms with Crippen molar-refractivity contribution in [2.24, 2.45) is 5.73 Å². The number of nitrogens with two attached hydrogens (primary N) is 1. The molecule has 1 atom stereocenters. The lowest BCUT2D eigenvalue weighted by Crippen LogP contribution is -2.31. The summed E-state index contributed by atoms with van der Waals surface area (Å²) in [5.41, 5.74) is 5.45. The molecular weight excluding hydrogens is 334 g/mol. The van der Waals surface area contributed by atoms with E-state index in [4.69, 9.17) is 10.5 Å². The zero-order valence-electron chi connectivity index (χ0n) is 13.2. The summed E-state index contributed by atoms with van der Waals surface area (Å²) < 4.78 is 34.6. The maximum atomic E-state index is 12.4. The molecule has 0 aliphatic carbocycles. The van der Waals surface area contributed by atoms with Crippen molar-refractivity contribution in [2.75, 3.05) is 5.32 Å². The van der Waals surface area contributed by atoms with Gasteiger partial charge in [0, 0.05) is 0 Å². The van der Waals surface area contributed by atoms with Gasteiger partial charge in [0.1, 0.15) is 11.5 Å². The lowest BCUT2D eigenvalue weighted by Gasteiger charge is -2.17. The summed E-state index contributed by atoms with van der Waals surface area (Å²) in [4.78, 5) is 23.6. The maximum absolute atomic E-state index is 12.4. The Labute approximate surface area is 142 Å². The van der Waals surface area contributed by atoms with Crippen LogP contribution in [-0.2, 0) is 4.79 Å². The van der Waals surface area contributed by atoms with Crippen LogP contribution in [-0.4, -0.2) is 24.5 Å². The van der Waals surface area contributed by atoms with Gasteiger partial charge in [-0.2, -0.15) is 8.78 Å². The molecule has 2 amide bonds. The van der Waals surface area contributed by atoms with E-state index < -0.39 is 24.5 Å². The van der Waals surface area contributed by atoms with E-state index in [0.717, 1.165) is 0 Å². The second-order valence-electron chi connectivity index (χ2n) is 4.98. The smallest absolute Gasteiger partial charge is 0.387 e. The second-order valence-corrected chi connectivity index (χ2v) is 4.98. The first kappa shape index (κ1) is 18.2. The highest BCUT2D eigenvalue weighted by Gasteiger charge is 2.19. The molecule has 0 unspecified atom stereocenters. The van der Waals surface area contributed by atoms with Crippen LogP contribution in [0, 0.1) is 0 Å². The van der Waals surface area contributed by atoms with Gasteiger partial charge in [-0.3, -0.25) is 9.59 Å². The number of para-hydroxylation sites is 3. The van der Waals surface area contributed by atoms with Gasteiger partial charge in [-0.25, -0.2) is 0 Å². The number of carbonyl (C=O) groups is 2. The van der Waals surface area contributed by atoms with Crippen molar-refractivity contribution >= 4 is 17.5 Å². The molecule has 25 heavy (non-hydrogen) atoms. The number of anilines is 1. The van der Waals surface area contributed by atoms with Gasteiger partial charge in [-0.05, 0) is 31.2 Å². The number of alkyl halides is 2. The molecule has 8 heteroatoms. The Hall–Kier alpha value is -3.16. The van der Waals surface area contributed by atoms with Crippen molar-refractivity contribution in [3.8, 4) is 11.5 Å². The van der Waals surface area contributed by atoms with E-state index in [1.807, 2.05) is 0 Å². The zero-order valence-corrected chi connectivity index (χ0v) is 13.2. The summed E-state index contributed by atoms with van der Waals surface area (Å²) in [5, 5.41) is 2.45. The van der Waals surface area contributed by atoms with Crippen LogP contribution in [0.1, 0.15) is 17.3 Å². The van der Waals surface area contributed by atoms with E-state index in [-0.39, 0.29) is 22.7 Å². The molecule has 0 aliphatic rings. The summed E-state index contributed by atoms with van der Waals surface area (Å²) in [6.07, 6.45) is -1.01. The van der Waals surface area contributed by atoms with Gasteiger partial charge in [0.2, 0.25) is 0 Å². The summed E-state index contributed by atoms with van der Waals surface area (Å²) in [6.45, 7) is -1.57. The lowest BCUT2D eigenvalue weighted by molar-refractivity contribution is -0.122. The molecule has 0 spiro atoms. The van der Waals surface area contributed by atoms with E-state index in [0.29, 0.717) is 0 Å². The third kappa shape index (κ3) is 4.90. The van der Waals surface area contributed by atoms with Crippen molar-refractivity contribution in [3.05, 3.63) is 54.1 Å². The van der Waals surface area contributed by atoms with E-state index in [9.17, 15) is 18.4 Å². The van der Waals surface area contributed by atoms with Gasteiger partial charge in [-0.15, -0.1) is 0 Å². The van der Waals surface area contributed by atoms with Crippen molar-refractivity contribution in [1.29, 1.82) is 0 Å². The quantitative estimate of drug-likeness (QED) is 0.803. The predicted molar refractivity (Wildman–Crippen MR) is 86.8 cm³/mol. The normalized spacial score (nSPS) is 11.7. The molecule has 6 nitrogen and oxygen atoms in total.